The summed E-state index contributed by atoms with van der Waals surface area (Å²) in [5.41, 5.74) is 6.45. The van der Waals surface area contributed by atoms with Crippen LogP contribution in [-0.2, 0) is 7.05 Å². The van der Waals surface area contributed by atoms with Gasteiger partial charge in [0.1, 0.15) is 5.69 Å². The Morgan fingerprint density at radius 1 is 1.31 bits per heavy atom. The fraction of sp³-hybridized carbons (Fsp3) is 0.0909. The van der Waals surface area contributed by atoms with Crippen molar-refractivity contribution >= 4 is 22.8 Å². The number of aryl methyl sites for hydroxylation is 1. The summed E-state index contributed by atoms with van der Waals surface area (Å²) in [4.78, 5) is 21.9. The molecule has 82 valence electrons. The van der Waals surface area contributed by atoms with Crippen molar-refractivity contribution in [3.63, 3.8) is 0 Å². The Kier molecular flexibility index (Phi) is 2.16. The molecule has 2 rings (SSSR count). The number of aromatic carboxylic acids is 1. The van der Waals surface area contributed by atoms with E-state index < -0.39 is 11.9 Å². The molecule has 0 aliphatic heterocycles. The number of hydrogen-bond acceptors (Lipinski definition) is 2. The molecule has 1 aromatic heterocycles. The molecule has 1 heterocycles. The number of carboxylic acids is 1. The SMILES string of the molecule is Cn1c(C(=O)O)cc2cc(C(N)=O)ccc21. The maximum atomic E-state index is 11.0. The van der Waals surface area contributed by atoms with Crippen LogP contribution in [-0.4, -0.2) is 21.6 Å². The third kappa shape index (κ3) is 1.42. The lowest BCUT2D eigenvalue weighted by atomic mass is 10.1. The fourth-order valence-corrected chi connectivity index (χ4v) is 1.71. The first kappa shape index (κ1) is 10.2. The lowest BCUT2D eigenvalue weighted by molar-refractivity contribution is 0.0687. The van der Waals surface area contributed by atoms with Crippen LogP contribution in [0.2, 0.25) is 0 Å². The third-order valence-electron chi connectivity index (χ3n) is 2.55. The topological polar surface area (TPSA) is 85.3 Å². The number of rotatable bonds is 2. The number of carboxylic acid groups (broad SMARTS) is 1. The van der Waals surface area contributed by atoms with E-state index in [4.69, 9.17) is 10.8 Å². The summed E-state index contributed by atoms with van der Waals surface area (Å²) < 4.78 is 1.56. The molecular formula is C11H10N2O3. The molecule has 16 heavy (non-hydrogen) atoms. The molecule has 3 N–H and O–H groups in total. The minimum Gasteiger partial charge on any atom is -0.477 e. The van der Waals surface area contributed by atoms with Crippen molar-refractivity contribution in [3.05, 3.63) is 35.5 Å². The molecule has 0 saturated heterocycles. The quantitative estimate of drug-likeness (QED) is 0.787. The monoisotopic (exact) mass is 218 g/mol. The van der Waals surface area contributed by atoms with Crippen LogP contribution >= 0.6 is 0 Å². The van der Waals surface area contributed by atoms with Crippen LogP contribution in [0.25, 0.3) is 10.9 Å². The van der Waals surface area contributed by atoms with E-state index in [0.29, 0.717) is 10.9 Å². The van der Waals surface area contributed by atoms with Gasteiger partial charge in [-0.15, -0.1) is 0 Å². The van der Waals surface area contributed by atoms with Gasteiger partial charge in [0, 0.05) is 23.5 Å². The van der Waals surface area contributed by atoms with Crippen molar-refractivity contribution in [2.24, 2.45) is 12.8 Å². The summed E-state index contributed by atoms with van der Waals surface area (Å²) in [6, 6.07) is 6.37. The second kappa shape index (κ2) is 3.37. The number of nitrogens with zero attached hydrogens (tertiary/aromatic N) is 1. The average Bonchev–Trinajstić information content (AvgIpc) is 2.55. The molecule has 0 aliphatic rings. The molecule has 0 unspecified atom stereocenters. The van der Waals surface area contributed by atoms with Crippen molar-refractivity contribution in [2.75, 3.05) is 0 Å². The largest absolute Gasteiger partial charge is 0.477 e. The Morgan fingerprint density at radius 3 is 2.56 bits per heavy atom. The van der Waals surface area contributed by atoms with E-state index in [1.165, 1.54) is 6.07 Å². The van der Waals surface area contributed by atoms with Crippen molar-refractivity contribution in [1.82, 2.24) is 4.57 Å². The van der Waals surface area contributed by atoms with Gasteiger partial charge >= 0.3 is 5.97 Å². The summed E-state index contributed by atoms with van der Waals surface area (Å²) in [6.07, 6.45) is 0. The second-order valence-electron chi connectivity index (χ2n) is 3.53. The number of carbonyl (C=O) groups excluding carboxylic acids is 1. The highest BCUT2D eigenvalue weighted by Crippen LogP contribution is 2.20. The molecule has 5 heteroatoms. The molecule has 2 aromatic rings. The van der Waals surface area contributed by atoms with Crippen LogP contribution in [0.4, 0.5) is 0 Å². The van der Waals surface area contributed by atoms with Crippen LogP contribution in [0.15, 0.2) is 24.3 Å². The van der Waals surface area contributed by atoms with Gasteiger partial charge in [-0.2, -0.15) is 0 Å². The zero-order chi connectivity index (χ0) is 11.9. The third-order valence-corrected chi connectivity index (χ3v) is 2.55. The maximum absolute atomic E-state index is 11.0. The highest BCUT2D eigenvalue weighted by atomic mass is 16.4. The van der Waals surface area contributed by atoms with Crippen molar-refractivity contribution in [3.8, 4) is 0 Å². The fourth-order valence-electron chi connectivity index (χ4n) is 1.71. The summed E-state index contributed by atoms with van der Waals surface area (Å²) in [5.74, 6) is -1.53. The van der Waals surface area contributed by atoms with Crippen LogP contribution < -0.4 is 5.73 Å². The molecule has 1 amide bonds. The van der Waals surface area contributed by atoms with E-state index in [0.717, 1.165) is 5.52 Å². The number of fused-ring (bicyclic) bond motifs is 1. The summed E-state index contributed by atoms with van der Waals surface area (Å²) in [6.45, 7) is 0. The Hall–Kier alpha value is -2.30. The summed E-state index contributed by atoms with van der Waals surface area (Å²) in [7, 11) is 1.66. The first-order valence-electron chi connectivity index (χ1n) is 4.63. The second-order valence-corrected chi connectivity index (χ2v) is 3.53. The number of aromatic nitrogens is 1. The smallest absolute Gasteiger partial charge is 0.352 e. The van der Waals surface area contributed by atoms with Gasteiger partial charge in [-0.05, 0) is 24.3 Å². The van der Waals surface area contributed by atoms with Crippen molar-refractivity contribution in [1.29, 1.82) is 0 Å². The Bertz CT molecular complexity index is 599. The molecule has 0 spiro atoms. The minimum absolute atomic E-state index is 0.177. The first-order chi connectivity index (χ1) is 7.50. The molecule has 0 fully saturated rings. The molecule has 1 aromatic carbocycles. The van der Waals surface area contributed by atoms with Crippen LogP contribution in [0, 0.1) is 0 Å². The molecule has 0 atom stereocenters. The molecule has 5 nitrogen and oxygen atoms in total. The Morgan fingerprint density at radius 2 is 2.00 bits per heavy atom. The Balaban J connectivity index is 2.72. The molecular weight excluding hydrogens is 208 g/mol. The number of benzene rings is 1. The molecule has 0 radical (unpaired) electrons. The molecule has 0 aliphatic carbocycles. The maximum Gasteiger partial charge on any atom is 0.352 e. The van der Waals surface area contributed by atoms with E-state index in [2.05, 4.69) is 0 Å². The summed E-state index contributed by atoms with van der Waals surface area (Å²) in [5, 5.41) is 9.62. The standard InChI is InChI=1S/C11H10N2O3/c1-13-8-3-2-6(10(12)14)4-7(8)5-9(13)11(15)16/h2-5H,1H3,(H2,12,14)(H,15,16). The van der Waals surface area contributed by atoms with Gasteiger partial charge in [0.15, 0.2) is 0 Å². The predicted molar refractivity (Wildman–Crippen MR) is 58.4 cm³/mol. The Labute approximate surface area is 91.1 Å². The molecule has 0 saturated carbocycles. The molecule has 0 bridgehead atoms. The lowest BCUT2D eigenvalue weighted by Crippen LogP contribution is -2.10. The van der Waals surface area contributed by atoms with Gasteiger partial charge in [-0.3, -0.25) is 4.79 Å². The van der Waals surface area contributed by atoms with Gasteiger partial charge in [-0.1, -0.05) is 0 Å². The van der Waals surface area contributed by atoms with E-state index in [1.54, 1.807) is 29.8 Å². The van der Waals surface area contributed by atoms with Gasteiger partial charge in [0.25, 0.3) is 0 Å². The van der Waals surface area contributed by atoms with Gasteiger partial charge in [0.2, 0.25) is 5.91 Å². The van der Waals surface area contributed by atoms with Crippen LogP contribution in [0.3, 0.4) is 0 Å². The number of nitrogens with two attached hydrogens (primary N) is 1. The van der Waals surface area contributed by atoms with E-state index >= 15 is 0 Å². The number of primary amides is 1. The van der Waals surface area contributed by atoms with Crippen LogP contribution in [0.1, 0.15) is 20.8 Å². The van der Waals surface area contributed by atoms with Crippen LogP contribution in [0.5, 0.6) is 0 Å². The predicted octanol–water partition coefficient (Wildman–Crippen LogP) is 0.975. The van der Waals surface area contributed by atoms with E-state index in [-0.39, 0.29) is 5.69 Å². The number of amides is 1. The lowest BCUT2D eigenvalue weighted by Gasteiger charge is -1.99. The van der Waals surface area contributed by atoms with Crippen molar-refractivity contribution < 1.29 is 14.7 Å². The zero-order valence-corrected chi connectivity index (χ0v) is 8.60. The highest BCUT2D eigenvalue weighted by molar-refractivity contribution is 6.00. The number of hydrogen-bond donors (Lipinski definition) is 2. The minimum atomic E-state index is -1.00. The average molecular weight is 218 g/mol. The normalized spacial score (nSPS) is 10.6. The van der Waals surface area contributed by atoms with E-state index in [9.17, 15) is 9.59 Å². The zero-order valence-electron chi connectivity index (χ0n) is 8.60. The van der Waals surface area contributed by atoms with E-state index in [1.807, 2.05) is 0 Å². The number of carbonyl (C=O) groups is 2. The summed E-state index contributed by atoms with van der Waals surface area (Å²) >= 11 is 0. The highest BCUT2D eigenvalue weighted by Gasteiger charge is 2.12. The van der Waals surface area contributed by atoms with Gasteiger partial charge < -0.3 is 15.4 Å². The van der Waals surface area contributed by atoms with Gasteiger partial charge in [0.05, 0.1) is 0 Å². The van der Waals surface area contributed by atoms with Crippen molar-refractivity contribution in [2.45, 2.75) is 0 Å². The van der Waals surface area contributed by atoms with Gasteiger partial charge in [-0.25, -0.2) is 4.79 Å². The first-order valence-corrected chi connectivity index (χ1v) is 4.63.